The molecule has 0 aliphatic rings. The molecule has 0 saturated heterocycles. The van der Waals surface area contributed by atoms with Gasteiger partial charge in [-0.25, -0.2) is 9.78 Å². The average Bonchev–Trinajstić information content (AvgIpc) is 2.83. The predicted octanol–water partition coefficient (Wildman–Crippen LogP) is 2.72. The second kappa shape index (κ2) is 6.83. The number of hydrogen-bond donors (Lipinski definition) is 2. The molecule has 2 aromatic rings. The summed E-state index contributed by atoms with van der Waals surface area (Å²) in [7, 11) is 0. The molecule has 0 radical (unpaired) electrons. The number of benzene rings is 1. The predicted molar refractivity (Wildman–Crippen MR) is 81.4 cm³/mol. The first-order valence-corrected chi connectivity index (χ1v) is 7.13. The number of aromatic nitrogens is 2. The van der Waals surface area contributed by atoms with Gasteiger partial charge in [0.05, 0.1) is 23.2 Å². The smallest absolute Gasteiger partial charge is 0.357 e. The van der Waals surface area contributed by atoms with E-state index in [0.717, 1.165) is 0 Å². The van der Waals surface area contributed by atoms with Crippen molar-refractivity contribution < 1.29 is 19.8 Å². The Morgan fingerprint density at radius 1 is 1.48 bits per heavy atom. The van der Waals surface area contributed by atoms with Gasteiger partial charge in [-0.05, 0) is 25.5 Å². The lowest BCUT2D eigenvalue weighted by Gasteiger charge is -2.12. The van der Waals surface area contributed by atoms with Crippen LogP contribution < -0.4 is 4.74 Å². The van der Waals surface area contributed by atoms with Crippen LogP contribution in [0.5, 0.6) is 5.75 Å². The van der Waals surface area contributed by atoms with Crippen molar-refractivity contribution >= 4 is 5.97 Å². The quantitative estimate of drug-likeness (QED) is 0.793. The number of nitriles is 1. The Morgan fingerprint density at radius 2 is 2.17 bits per heavy atom. The van der Waals surface area contributed by atoms with Crippen LogP contribution in [0.15, 0.2) is 24.3 Å². The summed E-state index contributed by atoms with van der Waals surface area (Å²) in [5.74, 6) is -0.995. The van der Waals surface area contributed by atoms with Gasteiger partial charge in [-0.1, -0.05) is 19.1 Å². The zero-order valence-corrected chi connectivity index (χ0v) is 12.9. The molecule has 0 bridgehead atoms. The van der Waals surface area contributed by atoms with Gasteiger partial charge in [0.2, 0.25) is 0 Å². The first-order chi connectivity index (χ1) is 11.0. The summed E-state index contributed by atoms with van der Waals surface area (Å²) in [6.45, 7) is 3.61. The molecule has 7 nitrogen and oxygen atoms in total. The van der Waals surface area contributed by atoms with E-state index in [2.05, 4.69) is 11.1 Å². The molecule has 1 unspecified atom stereocenters. The highest BCUT2D eigenvalue weighted by Crippen LogP contribution is 2.30. The molecular formula is C16H17N3O4. The van der Waals surface area contributed by atoms with Crippen molar-refractivity contribution in [2.24, 2.45) is 5.92 Å². The molecule has 2 N–H and O–H groups in total. The molecule has 1 aromatic heterocycles. The Morgan fingerprint density at radius 3 is 2.74 bits per heavy atom. The van der Waals surface area contributed by atoms with Crippen molar-refractivity contribution in [1.82, 2.24) is 9.71 Å². The lowest BCUT2D eigenvalue weighted by Crippen LogP contribution is -2.10. The van der Waals surface area contributed by atoms with Gasteiger partial charge in [-0.2, -0.15) is 9.99 Å². The summed E-state index contributed by atoms with van der Waals surface area (Å²) in [6.07, 6.45) is 0.662. The van der Waals surface area contributed by atoms with Crippen molar-refractivity contribution in [3.63, 3.8) is 0 Å². The summed E-state index contributed by atoms with van der Waals surface area (Å²) in [4.78, 5) is 15.3. The van der Waals surface area contributed by atoms with Gasteiger partial charge in [-0.15, -0.1) is 0 Å². The van der Waals surface area contributed by atoms with Crippen LogP contribution in [0.4, 0.5) is 0 Å². The van der Waals surface area contributed by atoms with E-state index < -0.39 is 5.97 Å². The van der Waals surface area contributed by atoms with Crippen LogP contribution in [0.2, 0.25) is 0 Å². The maximum Gasteiger partial charge on any atom is 0.357 e. The summed E-state index contributed by atoms with van der Waals surface area (Å²) < 4.78 is 6.21. The number of carboxylic acid groups (broad SMARTS) is 1. The zero-order valence-electron chi connectivity index (χ0n) is 12.9. The molecule has 2 rings (SSSR count). The van der Waals surface area contributed by atoms with Gasteiger partial charge in [-0.3, -0.25) is 0 Å². The lowest BCUT2D eigenvalue weighted by molar-refractivity contribution is 0.0645. The number of aryl methyl sites for hydroxylation is 1. The number of carboxylic acids is 1. The number of ether oxygens (including phenoxy) is 1. The summed E-state index contributed by atoms with van der Waals surface area (Å²) in [5, 5.41) is 28.2. The largest absolute Gasteiger partial charge is 0.491 e. The van der Waals surface area contributed by atoms with Gasteiger partial charge >= 0.3 is 5.97 Å². The third-order valence-corrected chi connectivity index (χ3v) is 3.47. The molecule has 1 aromatic carbocycles. The van der Waals surface area contributed by atoms with E-state index in [4.69, 9.17) is 15.1 Å². The fourth-order valence-corrected chi connectivity index (χ4v) is 2.15. The number of imidazole rings is 1. The number of rotatable bonds is 6. The van der Waals surface area contributed by atoms with E-state index in [-0.39, 0.29) is 29.7 Å². The first kappa shape index (κ1) is 16.4. The first-order valence-electron chi connectivity index (χ1n) is 7.13. The highest BCUT2D eigenvalue weighted by molar-refractivity contribution is 5.88. The summed E-state index contributed by atoms with van der Waals surface area (Å²) in [6, 6.07) is 8.98. The maximum absolute atomic E-state index is 11.2. The van der Waals surface area contributed by atoms with Crippen LogP contribution in [-0.2, 0) is 0 Å². The Kier molecular flexibility index (Phi) is 4.86. The minimum Gasteiger partial charge on any atom is -0.491 e. The van der Waals surface area contributed by atoms with Gasteiger partial charge in [0, 0.05) is 0 Å². The molecule has 0 aliphatic heterocycles. The molecular weight excluding hydrogens is 298 g/mol. The molecule has 0 amide bonds. The number of hydrogen-bond acceptors (Lipinski definition) is 5. The van der Waals surface area contributed by atoms with Gasteiger partial charge in [0.1, 0.15) is 12.4 Å². The monoisotopic (exact) mass is 315 g/mol. The van der Waals surface area contributed by atoms with E-state index in [9.17, 15) is 10.0 Å². The Labute approximate surface area is 133 Å². The van der Waals surface area contributed by atoms with E-state index in [1.807, 2.05) is 6.92 Å². The summed E-state index contributed by atoms with van der Waals surface area (Å²) in [5.41, 5.74) is 0.366. The molecule has 7 heteroatoms. The molecule has 0 aliphatic carbocycles. The van der Waals surface area contributed by atoms with Crippen LogP contribution in [-0.4, -0.2) is 32.6 Å². The third-order valence-electron chi connectivity index (χ3n) is 3.47. The minimum atomic E-state index is -1.27. The van der Waals surface area contributed by atoms with Gasteiger partial charge < -0.3 is 15.1 Å². The molecule has 0 spiro atoms. The van der Waals surface area contributed by atoms with Crippen molar-refractivity contribution in [1.29, 1.82) is 5.26 Å². The van der Waals surface area contributed by atoms with E-state index >= 15 is 0 Å². The summed E-state index contributed by atoms with van der Waals surface area (Å²) >= 11 is 0. The highest BCUT2D eigenvalue weighted by Gasteiger charge is 2.23. The van der Waals surface area contributed by atoms with E-state index in [1.54, 1.807) is 24.3 Å². The molecule has 1 atom stereocenters. The van der Waals surface area contributed by atoms with Crippen LogP contribution in [0, 0.1) is 24.2 Å². The average molecular weight is 315 g/mol. The minimum absolute atomic E-state index is 0.0838. The second-order valence-electron chi connectivity index (χ2n) is 5.03. The Hall–Kier alpha value is -3.01. The van der Waals surface area contributed by atoms with Crippen molar-refractivity contribution in [2.45, 2.75) is 20.3 Å². The molecule has 120 valence electrons. The third kappa shape index (κ3) is 3.26. The molecule has 0 fully saturated rings. The number of carbonyl (C=O) groups is 1. The SMILES string of the molecule is CCC(C#N)COc1ccccc1-c1nc(C)c(C(=O)O)n1O. The second-order valence-corrected chi connectivity index (χ2v) is 5.03. The van der Waals surface area contributed by atoms with Gasteiger partial charge in [0.15, 0.2) is 11.5 Å². The topological polar surface area (TPSA) is 108 Å². The highest BCUT2D eigenvalue weighted by atomic mass is 16.5. The molecule has 0 saturated carbocycles. The fraction of sp³-hybridized carbons (Fsp3) is 0.312. The standard InChI is InChI=1S/C16H17N3O4/c1-3-11(8-17)9-23-13-7-5-4-6-12(13)15-18-10(2)14(16(20)21)19(15)22/h4-7,11,22H,3,9H2,1-2H3,(H,20,21). The van der Waals surface area contributed by atoms with Crippen LogP contribution in [0.1, 0.15) is 29.5 Å². The number of aromatic carboxylic acids is 1. The normalized spacial score (nSPS) is 11.7. The number of nitrogens with zero attached hydrogens (tertiary/aromatic N) is 3. The van der Waals surface area contributed by atoms with Crippen LogP contribution in [0.25, 0.3) is 11.4 Å². The van der Waals surface area contributed by atoms with Crippen LogP contribution >= 0.6 is 0 Å². The zero-order chi connectivity index (χ0) is 17.0. The van der Waals surface area contributed by atoms with Crippen LogP contribution in [0.3, 0.4) is 0 Å². The molecule has 23 heavy (non-hydrogen) atoms. The van der Waals surface area contributed by atoms with Crippen molar-refractivity contribution in [3.8, 4) is 23.2 Å². The maximum atomic E-state index is 11.2. The van der Waals surface area contributed by atoms with E-state index in [0.29, 0.717) is 22.5 Å². The lowest BCUT2D eigenvalue weighted by atomic mass is 10.1. The number of para-hydroxylation sites is 1. The Bertz CT molecular complexity index is 761. The van der Waals surface area contributed by atoms with E-state index in [1.165, 1.54) is 6.92 Å². The molecule has 1 heterocycles. The Balaban J connectivity index is 2.40. The van der Waals surface area contributed by atoms with Gasteiger partial charge in [0.25, 0.3) is 0 Å². The van der Waals surface area contributed by atoms with Crippen molar-refractivity contribution in [3.05, 3.63) is 35.7 Å². The van der Waals surface area contributed by atoms with Crippen molar-refractivity contribution in [2.75, 3.05) is 6.61 Å². The fourth-order valence-electron chi connectivity index (χ4n) is 2.15.